The molecule has 1 aromatic rings. The highest BCUT2D eigenvalue weighted by atomic mass is 35.5. The van der Waals surface area contributed by atoms with E-state index in [1.54, 1.807) is 6.07 Å². The van der Waals surface area contributed by atoms with Gasteiger partial charge in [-0.25, -0.2) is 0 Å². The van der Waals surface area contributed by atoms with Crippen LogP contribution in [0.2, 0.25) is 5.02 Å². The SMILES string of the molecule is CC1CCCCC1N(C)c1cccc(Cl)c1C=O. The van der Waals surface area contributed by atoms with Crippen molar-refractivity contribution in [2.45, 2.75) is 38.6 Å². The Morgan fingerprint density at radius 3 is 2.72 bits per heavy atom. The lowest BCUT2D eigenvalue weighted by atomic mass is 9.84. The Bertz CT molecular complexity index is 433. The molecule has 0 bridgehead atoms. The molecule has 1 aliphatic rings. The van der Waals surface area contributed by atoms with Crippen molar-refractivity contribution in [3.63, 3.8) is 0 Å². The Morgan fingerprint density at radius 1 is 1.33 bits per heavy atom. The van der Waals surface area contributed by atoms with E-state index in [1.165, 1.54) is 25.7 Å². The number of benzene rings is 1. The Labute approximate surface area is 114 Å². The summed E-state index contributed by atoms with van der Waals surface area (Å²) in [5.41, 5.74) is 1.57. The zero-order valence-corrected chi connectivity index (χ0v) is 11.8. The molecule has 1 fully saturated rings. The third kappa shape index (κ3) is 2.54. The highest BCUT2D eigenvalue weighted by Crippen LogP contribution is 2.33. The lowest BCUT2D eigenvalue weighted by molar-refractivity contribution is 0.112. The van der Waals surface area contributed by atoms with Crippen molar-refractivity contribution in [1.29, 1.82) is 0 Å². The fraction of sp³-hybridized carbons (Fsp3) is 0.533. The van der Waals surface area contributed by atoms with E-state index < -0.39 is 0 Å². The van der Waals surface area contributed by atoms with E-state index in [0.717, 1.165) is 12.0 Å². The molecule has 2 atom stereocenters. The summed E-state index contributed by atoms with van der Waals surface area (Å²) in [7, 11) is 2.07. The van der Waals surface area contributed by atoms with E-state index in [1.807, 2.05) is 12.1 Å². The second-order valence-corrected chi connectivity index (χ2v) is 5.64. The molecule has 0 heterocycles. The molecule has 0 amide bonds. The summed E-state index contributed by atoms with van der Waals surface area (Å²) in [6.07, 6.45) is 5.92. The van der Waals surface area contributed by atoms with Gasteiger partial charge in [-0.05, 0) is 30.9 Å². The molecule has 98 valence electrons. The van der Waals surface area contributed by atoms with Crippen LogP contribution in [0.3, 0.4) is 0 Å². The first-order chi connectivity index (χ1) is 8.65. The maximum atomic E-state index is 11.2. The van der Waals surface area contributed by atoms with E-state index in [0.29, 0.717) is 22.5 Å². The second-order valence-electron chi connectivity index (χ2n) is 5.23. The van der Waals surface area contributed by atoms with E-state index in [4.69, 9.17) is 11.6 Å². The van der Waals surface area contributed by atoms with E-state index in [-0.39, 0.29) is 0 Å². The monoisotopic (exact) mass is 265 g/mol. The highest BCUT2D eigenvalue weighted by Gasteiger charge is 2.26. The zero-order chi connectivity index (χ0) is 13.1. The summed E-state index contributed by atoms with van der Waals surface area (Å²) < 4.78 is 0. The van der Waals surface area contributed by atoms with Gasteiger partial charge >= 0.3 is 0 Å². The van der Waals surface area contributed by atoms with Gasteiger partial charge in [0.25, 0.3) is 0 Å². The predicted octanol–water partition coefficient (Wildman–Crippen LogP) is 4.17. The third-order valence-electron chi connectivity index (χ3n) is 4.09. The van der Waals surface area contributed by atoms with Crippen molar-refractivity contribution in [3.05, 3.63) is 28.8 Å². The van der Waals surface area contributed by atoms with Gasteiger partial charge < -0.3 is 4.90 Å². The number of hydrogen-bond donors (Lipinski definition) is 0. The fourth-order valence-corrected chi connectivity index (χ4v) is 3.21. The molecule has 18 heavy (non-hydrogen) atoms. The average molecular weight is 266 g/mol. The maximum Gasteiger partial charge on any atom is 0.153 e. The van der Waals surface area contributed by atoms with Gasteiger partial charge in [-0.15, -0.1) is 0 Å². The molecule has 1 aromatic carbocycles. The quantitative estimate of drug-likeness (QED) is 0.765. The first-order valence-electron chi connectivity index (χ1n) is 6.61. The summed E-state index contributed by atoms with van der Waals surface area (Å²) in [6.45, 7) is 2.30. The number of rotatable bonds is 3. The predicted molar refractivity (Wildman–Crippen MR) is 76.7 cm³/mol. The number of hydrogen-bond acceptors (Lipinski definition) is 2. The van der Waals surface area contributed by atoms with Gasteiger partial charge in [-0.3, -0.25) is 4.79 Å². The Balaban J connectivity index is 2.30. The summed E-state index contributed by atoms with van der Waals surface area (Å²) in [4.78, 5) is 13.4. The van der Waals surface area contributed by atoms with Crippen molar-refractivity contribution in [3.8, 4) is 0 Å². The van der Waals surface area contributed by atoms with Crippen LogP contribution in [0, 0.1) is 5.92 Å². The normalized spacial score (nSPS) is 23.7. The molecule has 0 spiro atoms. The first kappa shape index (κ1) is 13.4. The van der Waals surface area contributed by atoms with Crippen LogP contribution >= 0.6 is 11.6 Å². The lowest BCUT2D eigenvalue weighted by Gasteiger charge is -2.38. The number of anilines is 1. The standard InChI is InChI=1S/C15H20ClNO/c1-11-6-3-4-8-14(11)17(2)15-9-5-7-13(16)12(15)10-18/h5,7,9-11,14H,3-4,6,8H2,1-2H3. The van der Waals surface area contributed by atoms with E-state index >= 15 is 0 Å². The lowest BCUT2D eigenvalue weighted by Crippen LogP contribution is -2.39. The largest absolute Gasteiger partial charge is 0.371 e. The van der Waals surface area contributed by atoms with Crippen molar-refractivity contribution in [2.75, 3.05) is 11.9 Å². The van der Waals surface area contributed by atoms with Crippen molar-refractivity contribution in [1.82, 2.24) is 0 Å². The molecular formula is C15H20ClNO. The molecule has 2 nitrogen and oxygen atoms in total. The molecule has 0 radical (unpaired) electrons. The van der Waals surface area contributed by atoms with Crippen LogP contribution in [0.15, 0.2) is 18.2 Å². The van der Waals surface area contributed by atoms with Gasteiger partial charge in [0.05, 0.1) is 10.6 Å². The molecule has 0 saturated heterocycles. The van der Waals surface area contributed by atoms with Crippen LogP contribution in [-0.2, 0) is 0 Å². The Kier molecular flexibility index (Phi) is 4.28. The fourth-order valence-electron chi connectivity index (χ4n) is 3.00. The molecule has 3 heteroatoms. The topological polar surface area (TPSA) is 20.3 Å². The summed E-state index contributed by atoms with van der Waals surface area (Å²) >= 11 is 6.09. The number of nitrogens with zero attached hydrogens (tertiary/aromatic N) is 1. The molecular weight excluding hydrogens is 246 g/mol. The second kappa shape index (κ2) is 5.75. The van der Waals surface area contributed by atoms with Crippen LogP contribution in [0.5, 0.6) is 0 Å². The number of halogens is 1. The minimum atomic E-state index is 0.510. The molecule has 1 saturated carbocycles. The molecule has 0 aliphatic heterocycles. The van der Waals surface area contributed by atoms with Crippen LogP contribution in [0.4, 0.5) is 5.69 Å². The van der Waals surface area contributed by atoms with Crippen molar-refractivity contribution in [2.24, 2.45) is 5.92 Å². The number of carbonyl (C=O) groups excluding carboxylic acids is 1. The van der Waals surface area contributed by atoms with Crippen LogP contribution < -0.4 is 4.90 Å². The molecule has 0 N–H and O–H groups in total. The van der Waals surface area contributed by atoms with Gasteiger partial charge in [0.1, 0.15) is 0 Å². The number of carbonyl (C=O) groups is 1. The van der Waals surface area contributed by atoms with Gasteiger partial charge in [0.15, 0.2) is 6.29 Å². The molecule has 2 unspecified atom stereocenters. The van der Waals surface area contributed by atoms with Crippen molar-refractivity contribution < 1.29 is 4.79 Å². The summed E-state index contributed by atoms with van der Waals surface area (Å²) in [5, 5.41) is 0.540. The Hall–Kier alpha value is -1.02. The highest BCUT2D eigenvalue weighted by molar-refractivity contribution is 6.33. The van der Waals surface area contributed by atoms with Gasteiger partial charge in [0, 0.05) is 18.8 Å². The third-order valence-corrected chi connectivity index (χ3v) is 4.42. The average Bonchev–Trinajstić information content (AvgIpc) is 2.38. The zero-order valence-electron chi connectivity index (χ0n) is 11.0. The smallest absolute Gasteiger partial charge is 0.153 e. The van der Waals surface area contributed by atoms with E-state index in [2.05, 4.69) is 18.9 Å². The molecule has 0 aromatic heterocycles. The van der Waals surface area contributed by atoms with Gasteiger partial charge in [-0.1, -0.05) is 37.4 Å². The van der Waals surface area contributed by atoms with E-state index in [9.17, 15) is 4.79 Å². The van der Waals surface area contributed by atoms with Crippen LogP contribution in [0.25, 0.3) is 0 Å². The minimum absolute atomic E-state index is 0.510. The minimum Gasteiger partial charge on any atom is -0.371 e. The Morgan fingerprint density at radius 2 is 2.06 bits per heavy atom. The van der Waals surface area contributed by atoms with Crippen LogP contribution in [0.1, 0.15) is 43.0 Å². The summed E-state index contributed by atoms with van der Waals surface area (Å²) in [6, 6.07) is 6.18. The summed E-state index contributed by atoms with van der Waals surface area (Å²) in [5.74, 6) is 0.669. The molecule has 1 aliphatic carbocycles. The van der Waals surface area contributed by atoms with Crippen LogP contribution in [-0.4, -0.2) is 19.4 Å². The first-order valence-corrected chi connectivity index (χ1v) is 6.99. The van der Waals surface area contributed by atoms with Gasteiger partial charge in [0.2, 0.25) is 0 Å². The van der Waals surface area contributed by atoms with Crippen molar-refractivity contribution >= 4 is 23.6 Å². The number of aldehydes is 1. The van der Waals surface area contributed by atoms with Gasteiger partial charge in [-0.2, -0.15) is 0 Å². The maximum absolute atomic E-state index is 11.2. The molecule has 2 rings (SSSR count).